The lowest BCUT2D eigenvalue weighted by molar-refractivity contribution is 0.0926. The lowest BCUT2D eigenvalue weighted by atomic mass is 10.1. The number of nitrogens with zero attached hydrogens (tertiary/aromatic N) is 1. The summed E-state index contributed by atoms with van der Waals surface area (Å²) in [5.74, 6) is -0.269. The summed E-state index contributed by atoms with van der Waals surface area (Å²) in [6.07, 6.45) is 0. The summed E-state index contributed by atoms with van der Waals surface area (Å²) in [5, 5.41) is 0.872. The van der Waals surface area contributed by atoms with Gasteiger partial charge >= 0.3 is 0 Å². The van der Waals surface area contributed by atoms with Crippen LogP contribution in [0.1, 0.15) is 34.6 Å². The largest absolute Gasteiger partial charge is 0.497 e. The Morgan fingerprint density at radius 2 is 1.26 bits per heavy atom. The number of carbonyl (C=O) groups excluding carboxylic acids is 2. The van der Waals surface area contributed by atoms with Crippen molar-refractivity contribution >= 4 is 44.0 Å². The third-order valence-electron chi connectivity index (χ3n) is 5.53. The van der Waals surface area contributed by atoms with Crippen molar-refractivity contribution in [2.45, 2.75) is 18.7 Å². The Morgan fingerprint density at radius 1 is 0.714 bits per heavy atom. The molecule has 7 nitrogen and oxygen atoms in total. The minimum atomic E-state index is -3.96. The minimum absolute atomic E-state index is 0.0364. The smallest absolute Gasteiger partial charge is 0.266 e. The first-order valence-electron chi connectivity index (χ1n) is 11.1. The third kappa shape index (κ3) is 4.24. The predicted molar refractivity (Wildman–Crippen MR) is 137 cm³/mol. The molecule has 4 aromatic carbocycles. The van der Waals surface area contributed by atoms with Gasteiger partial charge in [-0.2, -0.15) is 0 Å². The van der Waals surface area contributed by atoms with E-state index < -0.39 is 21.8 Å². The van der Waals surface area contributed by atoms with Crippen molar-refractivity contribution in [3.8, 4) is 5.75 Å². The van der Waals surface area contributed by atoms with Crippen LogP contribution in [0.4, 0.5) is 11.4 Å². The van der Waals surface area contributed by atoms with E-state index in [-0.39, 0.29) is 4.90 Å². The molecule has 0 unspecified atom stereocenters. The SMILES string of the molecule is CC.COc1ccc(NS(=O)(=O)c2ccc(N3C(=O)c4ccccc4C3=O)c3ccccc23)cc1. The average Bonchev–Trinajstić information content (AvgIpc) is 3.14. The molecule has 0 spiro atoms. The van der Waals surface area contributed by atoms with Crippen molar-refractivity contribution in [2.75, 3.05) is 16.7 Å². The van der Waals surface area contributed by atoms with Gasteiger partial charge in [-0.3, -0.25) is 14.3 Å². The van der Waals surface area contributed by atoms with Gasteiger partial charge in [-0.1, -0.05) is 50.2 Å². The summed E-state index contributed by atoms with van der Waals surface area (Å²) in [7, 11) is -2.43. The maximum absolute atomic E-state index is 13.2. The second-order valence-corrected chi connectivity index (χ2v) is 9.10. The molecule has 0 atom stereocenters. The van der Waals surface area contributed by atoms with Gasteiger partial charge in [-0.15, -0.1) is 0 Å². The highest BCUT2D eigenvalue weighted by molar-refractivity contribution is 7.93. The fourth-order valence-corrected chi connectivity index (χ4v) is 5.23. The molecule has 0 aromatic heterocycles. The average molecular weight is 489 g/mol. The maximum Gasteiger partial charge on any atom is 0.266 e. The quantitative estimate of drug-likeness (QED) is 0.376. The van der Waals surface area contributed by atoms with Gasteiger partial charge in [0.1, 0.15) is 5.75 Å². The minimum Gasteiger partial charge on any atom is -0.497 e. The standard InChI is InChI=1S/C25H18N2O5S.C2H6/c1-32-17-12-10-16(11-13-17)26-33(30,31)23-15-14-22(18-6-2-3-7-19(18)23)27-24(28)20-8-4-5-9-21(20)25(27)29;1-2/h2-15,26H,1H3;1-2H3. The van der Waals surface area contributed by atoms with Crippen LogP contribution in [0.3, 0.4) is 0 Å². The number of sulfonamides is 1. The van der Waals surface area contributed by atoms with E-state index in [1.54, 1.807) is 72.8 Å². The number of hydrogen-bond donors (Lipinski definition) is 1. The molecule has 1 aliphatic heterocycles. The number of methoxy groups -OCH3 is 1. The predicted octanol–water partition coefficient (Wildman–Crippen LogP) is 5.48. The molecule has 0 radical (unpaired) electrons. The number of ether oxygens (including phenoxy) is 1. The molecule has 5 rings (SSSR count). The van der Waals surface area contributed by atoms with Gasteiger partial charge in [0.15, 0.2) is 0 Å². The highest BCUT2D eigenvalue weighted by Crippen LogP contribution is 2.36. The lowest BCUT2D eigenvalue weighted by Gasteiger charge is -2.18. The summed E-state index contributed by atoms with van der Waals surface area (Å²) in [6.45, 7) is 4.00. The van der Waals surface area contributed by atoms with E-state index in [2.05, 4.69) is 4.72 Å². The van der Waals surface area contributed by atoms with E-state index in [4.69, 9.17) is 4.74 Å². The van der Waals surface area contributed by atoms with Crippen LogP contribution in [0.25, 0.3) is 10.8 Å². The molecule has 1 aliphatic rings. The van der Waals surface area contributed by atoms with E-state index in [0.29, 0.717) is 39.0 Å². The molecule has 8 heteroatoms. The molecular weight excluding hydrogens is 464 g/mol. The van der Waals surface area contributed by atoms with Crippen molar-refractivity contribution in [2.24, 2.45) is 0 Å². The molecule has 1 N–H and O–H groups in total. The van der Waals surface area contributed by atoms with E-state index in [0.717, 1.165) is 4.90 Å². The number of hydrogen-bond acceptors (Lipinski definition) is 5. The van der Waals surface area contributed by atoms with Crippen LogP contribution in [-0.4, -0.2) is 27.3 Å². The molecule has 0 aliphatic carbocycles. The first-order chi connectivity index (χ1) is 16.9. The zero-order chi connectivity index (χ0) is 25.2. The van der Waals surface area contributed by atoms with Crippen molar-refractivity contribution in [1.29, 1.82) is 0 Å². The Kier molecular flexibility index (Phi) is 6.57. The molecule has 0 fully saturated rings. The van der Waals surface area contributed by atoms with Crippen LogP contribution >= 0.6 is 0 Å². The van der Waals surface area contributed by atoms with Crippen LogP contribution in [-0.2, 0) is 10.0 Å². The molecule has 2 amide bonds. The van der Waals surface area contributed by atoms with Crippen LogP contribution in [0.5, 0.6) is 5.75 Å². The zero-order valence-electron chi connectivity index (χ0n) is 19.5. The van der Waals surface area contributed by atoms with Crippen LogP contribution in [0.15, 0.2) is 89.8 Å². The van der Waals surface area contributed by atoms with Gasteiger partial charge < -0.3 is 4.74 Å². The van der Waals surface area contributed by atoms with E-state index in [1.165, 1.54) is 19.2 Å². The van der Waals surface area contributed by atoms with Gasteiger partial charge in [0.2, 0.25) is 0 Å². The summed E-state index contributed by atoms with van der Waals surface area (Å²) in [6, 6.07) is 22.8. The van der Waals surface area contributed by atoms with E-state index in [1.807, 2.05) is 13.8 Å². The normalized spacial score (nSPS) is 12.7. The van der Waals surface area contributed by atoms with Gasteiger partial charge in [0.25, 0.3) is 21.8 Å². The van der Waals surface area contributed by atoms with E-state index >= 15 is 0 Å². The highest BCUT2D eigenvalue weighted by Gasteiger charge is 2.37. The van der Waals surface area contributed by atoms with Crippen LogP contribution in [0, 0.1) is 0 Å². The molecule has 35 heavy (non-hydrogen) atoms. The zero-order valence-corrected chi connectivity index (χ0v) is 20.3. The number of amides is 2. The number of nitrogens with one attached hydrogen (secondary N) is 1. The molecule has 0 bridgehead atoms. The van der Waals surface area contributed by atoms with E-state index in [9.17, 15) is 18.0 Å². The van der Waals surface area contributed by atoms with Crippen LogP contribution < -0.4 is 14.4 Å². The molecule has 4 aromatic rings. The second kappa shape index (κ2) is 9.60. The Labute approximate surface area is 204 Å². The molecule has 0 saturated carbocycles. The molecular formula is C27H24N2O5S. The number of anilines is 2. The Balaban J connectivity index is 0.00000141. The summed E-state index contributed by atoms with van der Waals surface area (Å²) >= 11 is 0. The number of carbonyl (C=O) groups is 2. The third-order valence-corrected chi connectivity index (χ3v) is 6.97. The van der Waals surface area contributed by atoms with Gasteiger partial charge in [0.05, 0.1) is 28.8 Å². The summed E-state index contributed by atoms with van der Waals surface area (Å²) < 4.78 is 34.1. The van der Waals surface area contributed by atoms with Crippen molar-refractivity contribution in [3.05, 3.63) is 96.1 Å². The lowest BCUT2D eigenvalue weighted by Crippen LogP contribution is -2.29. The van der Waals surface area contributed by atoms with Crippen molar-refractivity contribution in [1.82, 2.24) is 0 Å². The maximum atomic E-state index is 13.2. The monoisotopic (exact) mass is 488 g/mol. The first-order valence-corrected chi connectivity index (χ1v) is 12.6. The summed E-state index contributed by atoms with van der Waals surface area (Å²) in [4.78, 5) is 27.1. The topological polar surface area (TPSA) is 92.8 Å². The van der Waals surface area contributed by atoms with Gasteiger partial charge in [-0.05, 0) is 48.5 Å². The number of benzene rings is 4. The van der Waals surface area contributed by atoms with Gasteiger partial charge in [-0.25, -0.2) is 13.3 Å². The highest BCUT2D eigenvalue weighted by atomic mass is 32.2. The molecule has 1 heterocycles. The fourth-order valence-electron chi connectivity index (χ4n) is 3.96. The molecule has 0 saturated heterocycles. The number of rotatable bonds is 5. The first kappa shape index (κ1) is 24.0. The van der Waals surface area contributed by atoms with Crippen molar-refractivity contribution < 1.29 is 22.7 Å². The number of fused-ring (bicyclic) bond motifs is 2. The molecule has 178 valence electrons. The summed E-state index contributed by atoms with van der Waals surface area (Å²) in [5.41, 5.74) is 1.36. The van der Waals surface area contributed by atoms with Crippen LogP contribution in [0.2, 0.25) is 0 Å². The Bertz CT molecular complexity index is 1490. The Morgan fingerprint density at radius 3 is 1.83 bits per heavy atom. The number of imide groups is 1. The van der Waals surface area contributed by atoms with Gasteiger partial charge in [0, 0.05) is 16.5 Å². The Hall–Kier alpha value is -4.17. The second-order valence-electron chi connectivity index (χ2n) is 7.45. The fraction of sp³-hybridized carbons (Fsp3) is 0.111. The van der Waals surface area contributed by atoms with Crippen molar-refractivity contribution in [3.63, 3.8) is 0 Å².